The van der Waals surface area contributed by atoms with E-state index in [9.17, 15) is 4.79 Å². The topological polar surface area (TPSA) is 46.3 Å². The summed E-state index contributed by atoms with van der Waals surface area (Å²) >= 11 is 0. The number of likely N-dealkylation sites (tertiary alicyclic amines) is 1. The molecule has 0 spiro atoms. The highest BCUT2D eigenvalue weighted by Crippen LogP contribution is 2.68. The number of nitrogens with zero attached hydrogens (tertiary/aromatic N) is 1. The summed E-state index contributed by atoms with van der Waals surface area (Å²) in [6.45, 7) is 10.3. The first-order valence-electron chi connectivity index (χ1n) is 5.83. The minimum absolute atomic E-state index is 0. The van der Waals surface area contributed by atoms with Gasteiger partial charge < -0.3 is 10.6 Å². The first-order chi connectivity index (χ1) is 6.78. The van der Waals surface area contributed by atoms with Gasteiger partial charge in [0, 0.05) is 25.0 Å². The van der Waals surface area contributed by atoms with Crippen LogP contribution in [0.3, 0.4) is 0 Å². The van der Waals surface area contributed by atoms with Crippen LogP contribution in [0.2, 0.25) is 0 Å². The lowest BCUT2D eigenvalue weighted by molar-refractivity contribution is -0.132. The number of carbonyl (C=O) groups is 1. The van der Waals surface area contributed by atoms with Crippen LogP contribution in [0.25, 0.3) is 0 Å². The van der Waals surface area contributed by atoms with Gasteiger partial charge in [-0.05, 0) is 17.3 Å². The Bertz CT molecular complexity index is 287. The Hall–Kier alpha value is -0.280. The quantitative estimate of drug-likeness (QED) is 0.765. The van der Waals surface area contributed by atoms with Crippen LogP contribution in [0.4, 0.5) is 0 Å². The molecular weight excluding hydrogens is 224 g/mol. The van der Waals surface area contributed by atoms with E-state index in [1.807, 2.05) is 4.90 Å². The molecule has 2 fully saturated rings. The van der Waals surface area contributed by atoms with Gasteiger partial charge in [-0.25, -0.2) is 0 Å². The fraction of sp³-hybridized carbons (Fsp3) is 0.917. The van der Waals surface area contributed by atoms with E-state index in [0.717, 1.165) is 19.5 Å². The Kier molecular flexibility index (Phi) is 3.34. The first-order valence-corrected chi connectivity index (χ1v) is 5.83. The molecule has 0 bridgehead atoms. The van der Waals surface area contributed by atoms with E-state index in [0.29, 0.717) is 5.91 Å². The Balaban J connectivity index is 0.00000128. The van der Waals surface area contributed by atoms with Crippen LogP contribution in [-0.2, 0) is 4.79 Å². The van der Waals surface area contributed by atoms with Gasteiger partial charge in [0.2, 0.25) is 5.91 Å². The van der Waals surface area contributed by atoms with Gasteiger partial charge >= 0.3 is 0 Å². The van der Waals surface area contributed by atoms with Gasteiger partial charge in [-0.15, -0.1) is 12.4 Å². The molecule has 0 aromatic carbocycles. The first kappa shape index (κ1) is 13.8. The van der Waals surface area contributed by atoms with Gasteiger partial charge in [0.05, 0.1) is 0 Å². The molecule has 1 heterocycles. The zero-order valence-corrected chi connectivity index (χ0v) is 11.4. The van der Waals surface area contributed by atoms with Gasteiger partial charge in [-0.3, -0.25) is 4.79 Å². The van der Waals surface area contributed by atoms with Crippen molar-refractivity contribution in [1.29, 1.82) is 0 Å². The van der Waals surface area contributed by atoms with Crippen LogP contribution in [-0.4, -0.2) is 29.9 Å². The van der Waals surface area contributed by atoms with Crippen molar-refractivity contribution in [2.24, 2.45) is 22.5 Å². The molecule has 16 heavy (non-hydrogen) atoms. The van der Waals surface area contributed by atoms with Crippen molar-refractivity contribution in [3.8, 4) is 0 Å². The highest BCUT2D eigenvalue weighted by Gasteiger charge is 2.68. The van der Waals surface area contributed by atoms with Gasteiger partial charge in [-0.2, -0.15) is 0 Å². The average Bonchev–Trinajstić information content (AvgIpc) is 2.49. The fourth-order valence-corrected chi connectivity index (χ4v) is 2.98. The Labute approximate surface area is 104 Å². The number of carbonyl (C=O) groups excluding carboxylic acids is 1. The normalized spacial score (nSPS) is 31.1. The van der Waals surface area contributed by atoms with E-state index >= 15 is 0 Å². The summed E-state index contributed by atoms with van der Waals surface area (Å²) in [5.74, 6) is 0.508. The molecule has 4 heteroatoms. The van der Waals surface area contributed by atoms with E-state index in [1.165, 1.54) is 0 Å². The molecule has 3 nitrogen and oxygen atoms in total. The number of hydrogen-bond acceptors (Lipinski definition) is 2. The molecule has 1 unspecified atom stereocenters. The fourth-order valence-electron chi connectivity index (χ4n) is 2.98. The SMILES string of the molecule is CC1(C)C(C(=O)N2CCC(N)C2)C1(C)C.Cl. The van der Waals surface area contributed by atoms with Crippen LogP contribution in [0, 0.1) is 16.7 Å². The molecule has 2 rings (SSSR count). The number of nitrogens with two attached hydrogens (primary N) is 1. The highest BCUT2D eigenvalue weighted by atomic mass is 35.5. The predicted molar refractivity (Wildman–Crippen MR) is 67.5 cm³/mol. The van der Waals surface area contributed by atoms with Crippen molar-refractivity contribution in [1.82, 2.24) is 4.90 Å². The van der Waals surface area contributed by atoms with E-state index in [-0.39, 0.29) is 35.2 Å². The highest BCUT2D eigenvalue weighted by molar-refractivity contribution is 5.85. The molecule has 1 aliphatic heterocycles. The summed E-state index contributed by atoms with van der Waals surface area (Å²) in [5, 5.41) is 0. The summed E-state index contributed by atoms with van der Waals surface area (Å²) < 4.78 is 0. The molecule has 1 aliphatic carbocycles. The third kappa shape index (κ3) is 1.74. The van der Waals surface area contributed by atoms with Crippen molar-refractivity contribution in [3.63, 3.8) is 0 Å². The maximum Gasteiger partial charge on any atom is 0.226 e. The maximum atomic E-state index is 12.3. The Morgan fingerprint density at radius 2 is 1.75 bits per heavy atom. The van der Waals surface area contributed by atoms with Crippen molar-refractivity contribution in [3.05, 3.63) is 0 Å². The molecule has 1 saturated carbocycles. The molecular formula is C12H23ClN2O. The average molecular weight is 247 g/mol. The van der Waals surface area contributed by atoms with Gasteiger partial charge in [0.15, 0.2) is 0 Å². The molecule has 1 amide bonds. The molecule has 0 aromatic heterocycles. The van der Waals surface area contributed by atoms with E-state index in [4.69, 9.17) is 5.73 Å². The van der Waals surface area contributed by atoms with Crippen LogP contribution in [0.5, 0.6) is 0 Å². The van der Waals surface area contributed by atoms with Crippen molar-refractivity contribution < 1.29 is 4.79 Å². The van der Waals surface area contributed by atoms with Crippen molar-refractivity contribution in [2.45, 2.75) is 40.2 Å². The molecule has 1 saturated heterocycles. The minimum atomic E-state index is 0. The van der Waals surface area contributed by atoms with Crippen LogP contribution < -0.4 is 5.73 Å². The second-order valence-corrected chi connectivity index (χ2v) is 6.21. The van der Waals surface area contributed by atoms with Crippen molar-refractivity contribution in [2.75, 3.05) is 13.1 Å². The monoisotopic (exact) mass is 246 g/mol. The zero-order valence-electron chi connectivity index (χ0n) is 10.6. The molecule has 0 aromatic rings. The van der Waals surface area contributed by atoms with Crippen LogP contribution in [0.1, 0.15) is 34.1 Å². The summed E-state index contributed by atoms with van der Waals surface area (Å²) in [7, 11) is 0. The number of halogens is 1. The van der Waals surface area contributed by atoms with Crippen LogP contribution >= 0.6 is 12.4 Å². The third-order valence-corrected chi connectivity index (χ3v) is 4.80. The van der Waals surface area contributed by atoms with Gasteiger partial charge in [-0.1, -0.05) is 27.7 Å². The molecule has 2 aliphatic rings. The number of amides is 1. The zero-order chi connectivity index (χ0) is 11.4. The maximum absolute atomic E-state index is 12.3. The smallest absolute Gasteiger partial charge is 0.226 e. The number of hydrogen-bond donors (Lipinski definition) is 1. The summed E-state index contributed by atoms with van der Waals surface area (Å²) in [6.07, 6.45) is 0.958. The minimum Gasteiger partial charge on any atom is -0.341 e. The number of rotatable bonds is 1. The third-order valence-electron chi connectivity index (χ3n) is 4.80. The molecule has 1 atom stereocenters. The Morgan fingerprint density at radius 1 is 1.25 bits per heavy atom. The van der Waals surface area contributed by atoms with E-state index < -0.39 is 0 Å². The summed E-state index contributed by atoms with van der Waals surface area (Å²) in [5.41, 5.74) is 6.12. The van der Waals surface area contributed by atoms with Gasteiger partial charge in [0.25, 0.3) is 0 Å². The molecule has 2 N–H and O–H groups in total. The summed E-state index contributed by atoms with van der Waals surface area (Å²) in [4.78, 5) is 14.2. The molecule has 94 valence electrons. The van der Waals surface area contributed by atoms with Crippen LogP contribution in [0.15, 0.2) is 0 Å². The second kappa shape index (κ2) is 3.88. The lowest BCUT2D eigenvalue weighted by Crippen LogP contribution is -2.34. The standard InChI is InChI=1S/C12H22N2O.ClH/c1-11(2)9(12(11,3)4)10(15)14-6-5-8(13)7-14;/h8-9H,5-7,13H2,1-4H3;1H. The van der Waals surface area contributed by atoms with Gasteiger partial charge in [0.1, 0.15) is 0 Å². The lowest BCUT2D eigenvalue weighted by Gasteiger charge is -2.16. The molecule has 0 radical (unpaired) electrons. The second-order valence-electron chi connectivity index (χ2n) is 6.21. The largest absolute Gasteiger partial charge is 0.341 e. The van der Waals surface area contributed by atoms with E-state index in [1.54, 1.807) is 0 Å². The predicted octanol–water partition coefficient (Wildman–Crippen LogP) is 1.65. The Morgan fingerprint density at radius 3 is 2.06 bits per heavy atom. The van der Waals surface area contributed by atoms with Crippen molar-refractivity contribution >= 4 is 18.3 Å². The van der Waals surface area contributed by atoms with E-state index in [2.05, 4.69) is 27.7 Å². The lowest BCUT2D eigenvalue weighted by atomic mass is 10.0. The summed E-state index contributed by atoms with van der Waals surface area (Å²) in [6, 6.07) is 0.193.